The first-order valence-electron chi connectivity index (χ1n) is 6.17. The summed E-state index contributed by atoms with van der Waals surface area (Å²) < 4.78 is 0. The Morgan fingerprint density at radius 3 is 2.50 bits per heavy atom. The monoisotopic (exact) mass is 222 g/mol. The third-order valence-electron chi connectivity index (χ3n) is 2.96. The highest BCUT2D eigenvalue weighted by Gasteiger charge is 2.20. The number of likely N-dealkylation sites (tertiary alicyclic amines) is 1. The van der Waals surface area contributed by atoms with Gasteiger partial charge in [-0.05, 0) is 26.7 Å². The molecule has 0 bridgehead atoms. The summed E-state index contributed by atoms with van der Waals surface area (Å²) in [5.74, 6) is 5.95. The van der Waals surface area contributed by atoms with E-state index in [1.807, 2.05) is 18.7 Å². The molecule has 0 aromatic heterocycles. The molecular formula is C13H22N2O. The molecular weight excluding hydrogens is 200 g/mol. The maximum absolute atomic E-state index is 12.1. The molecule has 0 aromatic carbocycles. The van der Waals surface area contributed by atoms with E-state index in [9.17, 15) is 4.79 Å². The summed E-state index contributed by atoms with van der Waals surface area (Å²) in [5, 5.41) is 3.14. The Morgan fingerprint density at radius 2 is 1.94 bits per heavy atom. The van der Waals surface area contributed by atoms with E-state index < -0.39 is 0 Å². The fourth-order valence-corrected chi connectivity index (χ4v) is 1.94. The molecule has 1 aliphatic heterocycles. The molecule has 90 valence electrons. The van der Waals surface area contributed by atoms with Crippen LogP contribution in [-0.4, -0.2) is 36.5 Å². The van der Waals surface area contributed by atoms with E-state index in [0.717, 1.165) is 25.9 Å². The van der Waals surface area contributed by atoms with Crippen molar-refractivity contribution in [1.29, 1.82) is 0 Å². The molecule has 16 heavy (non-hydrogen) atoms. The molecule has 1 unspecified atom stereocenters. The minimum atomic E-state index is -0.112. The SMILES string of the molecule is CC#CCNC(C)C(=O)N1CCCCCC1. The van der Waals surface area contributed by atoms with Crippen LogP contribution in [0.25, 0.3) is 0 Å². The molecule has 0 saturated carbocycles. The molecule has 1 aliphatic rings. The fraction of sp³-hybridized carbons (Fsp3) is 0.769. The largest absolute Gasteiger partial charge is 0.341 e. The summed E-state index contributed by atoms with van der Waals surface area (Å²) in [4.78, 5) is 14.1. The highest BCUT2D eigenvalue weighted by Crippen LogP contribution is 2.10. The minimum Gasteiger partial charge on any atom is -0.341 e. The van der Waals surface area contributed by atoms with Crippen LogP contribution in [0.3, 0.4) is 0 Å². The molecule has 0 aliphatic carbocycles. The summed E-state index contributed by atoms with van der Waals surface area (Å²) in [6.07, 6.45) is 4.81. The molecule has 0 radical (unpaired) electrons. The number of amides is 1. The molecule has 1 heterocycles. The van der Waals surface area contributed by atoms with Gasteiger partial charge in [0.05, 0.1) is 12.6 Å². The van der Waals surface area contributed by atoms with Crippen molar-refractivity contribution in [3.63, 3.8) is 0 Å². The van der Waals surface area contributed by atoms with Crippen molar-refractivity contribution < 1.29 is 4.79 Å². The van der Waals surface area contributed by atoms with Gasteiger partial charge in [-0.2, -0.15) is 0 Å². The summed E-state index contributed by atoms with van der Waals surface area (Å²) in [7, 11) is 0. The average Bonchev–Trinajstić information content (AvgIpc) is 2.56. The Hall–Kier alpha value is -1.01. The Labute approximate surface area is 98.6 Å². The lowest BCUT2D eigenvalue weighted by molar-refractivity contribution is -0.132. The number of hydrogen-bond donors (Lipinski definition) is 1. The van der Waals surface area contributed by atoms with E-state index >= 15 is 0 Å². The summed E-state index contributed by atoms with van der Waals surface area (Å²) in [6.45, 7) is 6.17. The topological polar surface area (TPSA) is 32.3 Å². The summed E-state index contributed by atoms with van der Waals surface area (Å²) >= 11 is 0. The molecule has 0 aromatic rings. The van der Waals surface area contributed by atoms with E-state index in [4.69, 9.17) is 0 Å². The maximum Gasteiger partial charge on any atom is 0.239 e. The first-order chi connectivity index (χ1) is 7.75. The number of carbonyl (C=O) groups is 1. The van der Waals surface area contributed by atoms with Gasteiger partial charge >= 0.3 is 0 Å². The van der Waals surface area contributed by atoms with Crippen LogP contribution in [0, 0.1) is 11.8 Å². The van der Waals surface area contributed by atoms with Gasteiger partial charge in [-0.3, -0.25) is 10.1 Å². The van der Waals surface area contributed by atoms with E-state index in [1.54, 1.807) is 0 Å². The second-order valence-corrected chi connectivity index (χ2v) is 4.27. The van der Waals surface area contributed by atoms with Crippen LogP contribution in [0.5, 0.6) is 0 Å². The van der Waals surface area contributed by atoms with Crippen LogP contribution in [0.1, 0.15) is 39.5 Å². The molecule has 1 N–H and O–H groups in total. The zero-order valence-corrected chi connectivity index (χ0v) is 10.4. The van der Waals surface area contributed by atoms with Gasteiger partial charge in [-0.1, -0.05) is 18.8 Å². The van der Waals surface area contributed by atoms with Gasteiger partial charge in [0.2, 0.25) is 5.91 Å². The lowest BCUT2D eigenvalue weighted by atomic mass is 10.2. The van der Waals surface area contributed by atoms with Crippen molar-refractivity contribution in [2.45, 2.75) is 45.6 Å². The van der Waals surface area contributed by atoms with Crippen molar-refractivity contribution in [2.24, 2.45) is 0 Å². The van der Waals surface area contributed by atoms with Gasteiger partial charge in [0.15, 0.2) is 0 Å². The second-order valence-electron chi connectivity index (χ2n) is 4.27. The van der Waals surface area contributed by atoms with E-state index in [1.165, 1.54) is 12.8 Å². The summed E-state index contributed by atoms with van der Waals surface area (Å²) in [6, 6.07) is -0.112. The van der Waals surface area contributed by atoms with Crippen LogP contribution >= 0.6 is 0 Å². The highest BCUT2D eigenvalue weighted by molar-refractivity contribution is 5.81. The number of rotatable bonds is 3. The quantitative estimate of drug-likeness (QED) is 0.732. The predicted molar refractivity (Wildman–Crippen MR) is 66.0 cm³/mol. The van der Waals surface area contributed by atoms with Crippen molar-refractivity contribution >= 4 is 5.91 Å². The number of nitrogens with one attached hydrogen (secondary N) is 1. The van der Waals surface area contributed by atoms with Crippen molar-refractivity contribution in [2.75, 3.05) is 19.6 Å². The molecule has 3 heteroatoms. The fourth-order valence-electron chi connectivity index (χ4n) is 1.94. The van der Waals surface area contributed by atoms with Gasteiger partial charge < -0.3 is 4.90 Å². The summed E-state index contributed by atoms with van der Waals surface area (Å²) in [5.41, 5.74) is 0. The van der Waals surface area contributed by atoms with Gasteiger partial charge in [0.25, 0.3) is 0 Å². The van der Waals surface area contributed by atoms with Gasteiger partial charge in [0, 0.05) is 13.1 Å². The molecule has 0 spiro atoms. The van der Waals surface area contributed by atoms with Gasteiger partial charge in [-0.25, -0.2) is 0 Å². The minimum absolute atomic E-state index is 0.112. The number of hydrogen-bond acceptors (Lipinski definition) is 2. The second kappa shape index (κ2) is 7.29. The van der Waals surface area contributed by atoms with Gasteiger partial charge in [-0.15, -0.1) is 5.92 Å². The Kier molecular flexibility index (Phi) is 5.95. The van der Waals surface area contributed by atoms with E-state index in [-0.39, 0.29) is 11.9 Å². The van der Waals surface area contributed by atoms with Crippen LogP contribution in [0.4, 0.5) is 0 Å². The number of carbonyl (C=O) groups excluding carboxylic acids is 1. The molecule has 1 saturated heterocycles. The zero-order valence-electron chi connectivity index (χ0n) is 10.4. The standard InChI is InChI=1S/C13H22N2O/c1-3-4-9-14-12(2)13(16)15-10-7-5-6-8-11-15/h12,14H,5-11H2,1-2H3. The molecule has 1 rings (SSSR count). The normalized spacial score (nSPS) is 18.2. The van der Waals surface area contributed by atoms with Crippen LogP contribution in [0.15, 0.2) is 0 Å². The van der Waals surface area contributed by atoms with Crippen molar-refractivity contribution in [3.05, 3.63) is 0 Å². The van der Waals surface area contributed by atoms with E-state index in [0.29, 0.717) is 6.54 Å². The first-order valence-corrected chi connectivity index (χ1v) is 6.17. The van der Waals surface area contributed by atoms with Gasteiger partial charge in [0.1, 0.15) is 0 Å². The Morgan fingerprint density at radius 1 is 1.31 bits per heavy atom. The smallest absolute Gasteiger partial charge is 0.239 e. The molecule has 1 atom stereocenters. The molecule has 1 fully saturated rings. The van der Waals surface area contributed by atoms with Crippen LogP contribution in [-0.2, 0) is 4.79 Å². The lowest BCUT2D eigenvalue weighted by Gasteiger charge is -2.24. The Bertz CT molecular complexity index is 269. The predicted octanol–water partition coefficient (Wildman–Crippen LogP) is 1.39. The zero-order chi connectivity index (χ0) is 11.8. The van der Waals surface area contributed by atoms with Crippen LogP contribution in [0.2, 0.25) is 0 Å². The Balaban J connectivity index is 2.37. The maximum atomic E-state index is 12.1. The van der Waals surface area contributed by atoms with Crippen LogP contribution < -0.4 is 5.32 Å². The van der Waals surface area contributed by atoms with Crippen molar-refractivity contribution in [3.8, 4) is 11.8 Å². The third kappa shape index (κ3) is 4.24. The number of nitrogens with zero attached hydrogens (tertiary/aromatic N) is 1. The lowest BCUT2D eigenvalue weighted by Crippen LogP contribution is -2.45. The van der Waals surface area contributed by atoms with E-state index in [2.05, 4.69) is 17.2 Å². The molecule has 3 nitrogen and oxygen atoms in total. The highest BCUT2D eigenvalue weighted by atomic mass is 16.2. The van der Waals surface area contributed by atoms with Crippen molar-refractivity contribution in [1.82, 2.24) is 10.2 Å². The average molecular weight is 222 g/mol. The third-order valence-corrected chi connectivity index (χ3v) is 2.96. The molecule has 1 amide bonds. The first kappa shape index (κ1) is 13.1.